The van der Waals surface area contributed by atoms with Gasteiger partial charge in [0.15, 0.2) is 0 Å². The van der Waals surface area contributed by atoms with E-state index in [1.54, 1.807) is 12.1 Å². The van der Waals surface area contributed by atoms with Gasteiger partial charge in [-0.2, -0.15) is 4.72 Å². The van der Waals surface area contributed by atoms with Gasteiger partial charge in [0, 0.05) is 4.47 Å². The molecule has 18 heavy (non-hydrogen) atoms. The van der Waals surface area contributed by atoms with Crippen LogP contribution in [-0.4, -0.2) is 25.0 Å². The summed E-state index contributed by atoms with van der Waals surface area (Å²) in [5, 5.41) is 9.11. The zero-order valence-corrected chi connectivity index (χ0v) is 11.8. The van der Waals surface area contributed by atoms with Crippen molar-refractivity contribution in [2.24, 2.45) is 0 Å². The van der Waals surface area contributed by atoms with Gasteiger partial charge in [0.25, 0.3) is 0 Å². The second-order valence-corrected chi connectivity index (χ2v) is 6.90. The van der Waals surface area contributed by atoms with Crippen molar-refractivity contribution >= 4 is 31.9 Å². The van der Waals surface area contributed by atoms with Crippen molar-refractivity contribution in [1.29, 1.82) is 0 Å². The van der Waals surface area contributed by atoms with Crippen LogP contribution in [0.5, 0.6) is 0 Å². The van der Waals surface area contributed by atoms with Crippen molar-refractivity contribution in [2.75, 3.05) is 0 Å². The van der Waals surface area contributed by atoms with Gasteiger partial charge in [0.2, 0.25) is 10.0 Å². The monoisotopic (exact) mass is 333 g/mol. The Balaban J connectivity index is 2.30. The minimum absolute atomic E-state index is 0.0596. The lowest BCUT2D eigenvalue weighted by Crippen LogP contribution is -2.58. The van der Waals surface area contributed by atoms with Crippen LogP contribution in [0.3, 0.4) is 0 Å². The molecule has 1 aromatic rings. The highest BCUT2D eigenvalue weighted by Gasteiger charge is 2.47. The minimum Gasteiger partial charge on any atom is -0.480 e. The third-order valence-electron chi connectivity index (χ3n) is 3.05. The zero-order chi connectivity index (χ0) is 13.4. The maximum absolute atomic E-state index is 12.1. The number of carbonyl (C=O) groups is 1. The number of benzene rings is 1. The van der Waals surface area contributed by atoms with E-state index in [1.807, 2.05) is 0 Å². The fourth-order valence-electron chi connectivity index (χ4n) is 1.84. The normalized spacial score (nSPS) is 18.1. The Morgan fingerprint density at radius 2 is 2.06 bits per heavy atom. The average Bonchev–Trinajstić information content (AvgIpc) is 2.23. The van der Waals surface area contributed by atoms with E-state index >= 15 is 0 Å². The van der Waals surface area contributed by atoms with Crippen LogP contribution in [0.4, 0.5) is 0 Å². The van der Waals surface area contributed by atoms with Crippen LogP contribution in [0.1, 0.15) is 19.3 Å². The van der Waals surface area contributed by atoms with E-state index in [9.17, 15) is 13.2 Å². The van der Waals surface area contributed by atoms with Gasteiger partial charge in [-0.15, -0.1) is 0 Å². The van der Waals surface area contributed by atoms with Crippen molar-refractivity contribution in [1.82, 2.24) is 4.72 Å². The molecule has 0 radical (unpaired) electrons. The van der Waals surface area contributed by atoms with E-state index in [4.69, 9.17) is 5.11 Å². The fraction of sp³-hybridized carbons (Fsp3) is 0.364. The molecule has 5 nitrogen and oxygen atoms in total. The molecule has 1 aromatic carbocycles. The first-order chi connectivity index (χ1) is 8.36. The second kappa shape index (κ2) is 4.64. The van der Waals surface area contributed by atoms with E-state index in [0.717, 1.165) is 0 Å². The first-order valence-corrected chi connectivity index (χ1v) is 7.66. The Kier molecular flexibility index (Phi) is 3.48. The number of aliphatic carboxylic acids is 1. The van der Waals surface area contributed by atoms with E-state index < -0.39 is 21.5 Å². The van der Waals surface area contributed by atoms with Crippen molar-refractivity contribution < 1.29 is 18.3 Å². The highest BCUT2D eigenvalue weighted by molar-refractivity contribution is 9.10. The van der Waals surface area contributed by atoms with Crippen molar-refractivity contribution in [2.45, 2.75) is 29.7 Å². The van der Waals surface area contributed by atoms with Crippen LogP contribution in [0, 0.1) is 0 Å². The Morgan fingerprint density at radius 1 is 1.39 bits per heavy atom. The number of nitrogens with one attached hydrogen (secondary N) is 1. The molecule has 1 fully saturated rings. The summed E-state index contributed by atoms with van der Waals surface area (Å²) in [6.07, 6.45) is 1.37. The standard InChI is InChI=1S/C11H12BrNO4S/c12-8-3-1-4-9(7-8)18(16,17)13-11(10(14)15)5-2-6-11/h1,3-4,7,13H,2,5-6H2,(H,14,15). The molecule has 0 bridgehead atoms. The highest BCUT2D eigenvalue weighted by Crippen LogP contribution is 2.33. The fourth-order valence-corrected chi connectivity index (χ4v) is 3.85. The third-order valence-corrected chi connectivity index (χ3v) is 5.08. The van der Waals surface area contributed by atoms with Gasteiger partial charge in [-0.1, -0.05) is 22.0 Å². The van der Waals surface area contributed by atoms with E-state index in [2.05, 4.69) is 20.7 Å². The van der Waals surface area contributed by atoms with Crippen molar-refractivity contribution in [3.05, 3.63) is 28.7 Å². The molecule has 0 aliphatic heterocycles. The zero-order valence-electron chi connectivity index (χ0n) is 9.39. The number of rotatable bonds is 4. The van der Waals surface area contributed by atoms with Crippen LogP contribution < -0.4 is 4.72 Å². The first-order valence-electron chi connectivity index (χ1n) is 5.39. The average molecular weight is 334 g/mol. The summed E-state index contributed by atoms with van der Waals surface area (Å²) in [6, 6.07) is 6.17. The molecule has 7 heteroatoms. The van der Waals surface area contributed by atoms with Gasteiger partial charge in [-0.05, 0) is 37.5 Å². The molecule has 0 aromatic heterocycles. The minimum atomic E-state index is -3.81. The smallest absolute Gasteiger partial charge is 0.324 e. The summed E-state index contributed by atoms with van der Waals surface area (Å²) in [7, 11) is -3.81. The van der Waals surface area contributed by atoms with Crippen LogP contribution in [-0.2, 0) is 14.8 Å². The van der Waals surface area contributed by atoms with Gasteiger partial charge < -0.3 is 5.11 Å². The van der Waals surface area contributed by atoms with Crippen LogP contribution in [0.2, 0.25) is 0 Å². The SMILES string of the molecule is O=C(O)C1(NS(=O)(=O)c2cccc(Br)c2)CCC1. The number of hydrogen-bond donors (Lipinski definition) is 2. The van der Waals surface area contributed by atoms with Crippen molar-refractivity contribution in [3.63, 3.8) is 0 Å². The van der Waals surface area contributed by atoms with Gasteiger partial charge in [0.05, 0.1) is 4.90 Å². The summed E-state index contributed by atoms with van der Waals surface area (Å²) >= 11 is 3.19. The van der Waals surface area contributed by atoms with E-state index in [-0.39, 0.29) is 4.90 Å². The molecule has 0 saturated heterocycles. The maximum Gasteiger partial charge on any atom is 0.324 e. The van der Waals surface area contributed by atoms with E-state index in [0.29, 0.717) is 23.7 Å². The molecule has 1 aliphatic carbocycles. The molecule has 2 N–H and O–H groups in total. The van der Waals surface area contributed by atoms with Crippen LogP contribution in [0.25, 0.3) is 0 Å². The molecule has 1 saturated carbocycles. The quantitative estimate of drug-likeness (QED) is 0.878. The topological polar surface area (TPSA) is 83.5 Å². The molecule has 2 rings (SSSR count). The summed E-state index contributed by atoms with van der Waals surface area (Å²) < 4.78 is 27.1. The highest BCUT2D eigenvalue weighted by atomic mass is 79.9. The van der Waals surface area contributed by atoms with Crippen LogP contribution in [0.15, 0.2) is 33.6 Å². The van der Waals surface area contributed by atoms with Gasteiger partial charge >= 0.3 is 5.97 Å². The number of carboxylic acid groups (broad SMARTS) is 1. The molecule has 98 valence electrons. The molecule has 1 aliphatic rings. The summed E-state index contributed by atoms with van der Waals surface area (Å²) in [5.74, 6) is -1.12. The Bertz CT molecular complexity index is 580. The number of carboxylic acids is 1. The van der Waals surface area contributed by atoms with Crippen LogP contribution >= 0.6 is 15.9 Å². The first kappa shape index (κ1) is 13.5. The van der Waals surface area contributed by atoms with Gasteiger partial charge in [-0.25, -0.2) is 8.42 Å². The lowest BCUT2D eigenvalue weighted by Gasteiger charge is -2.37. The Labute approximate surface area is 113 Å². The summed E-state index contributed by atoms with van der Waals surface area (Å²) in [5.41, 5.74) is -1.33. The summed E-state index contributed by atoms with van der Waals surface area (Å²) in [6.45, 7) is 0. The molecular formula is C11H12BrNO4S. The predicted molar refractivity (Wildman–Crippen MR) is 68.7 cm³/mol. The molecule has 0 heterocycles. The molecular weight excluding hydrogens is 322 g/mol. The largest absolute Gasteiger partial charge is 0.480 e. The van der Waals surface area contributed by atoms with Crippen molar-refractivity contribution in [3.8, 4) is 0 Å². The molecule has 0 amide bonds. The Hall–Kier alpha value is -0.920. The lowest BCUT2D eigenvalue weighted by molar-refractivity contribution is -0.147. The molecule has 0 atom stereocenters. The van der Waals surface area contributed by atoms with Gasteiger partial charge in [-0.3, -0.25) is 4.79 Å². The second-order valence-electron chi connectivity index (χ2n) is 4.30. The van der Waals surface area contributed by atoms with E-state index in [1.165, 1.54) is 12.1 Å². The van der Waals surface area contributed by atoms with Gasteiger partial charge in [0.1, 0.15) is 5.54 Å². The number of halogens is 1. The molecule has 0 spiro atoms. The Morgan fingerprint density at radius 3 is 2.50 bits per heavy atom. The molecule has 0 unspecified atom stereocenters. The number of hydrogen-bond acceptors (Lipinski definition) is 3. The third kappa shape index (κ3) is 2.43. The maximum atomic E-state index is 12.1. The number of sulfonamides is 1. The lowest BCUT2D eigenvalue weighted by atomic mass is 9.78. The summed E-state index contributed by atoms with van der Waals surface area (Å²) in [4.78, 5) is 11.2. The predicted octanol–water partition coefficient (Wildman–Crippen LogP) is 1.73.